The zero-order valence-corrected chi connectivity index (χ0v) is 10.8. The molecule has 0 aliphatic carbocycles. The van der Waals surface area contributed by atoms with Crippen LogP contribution in [0.5, 0.6) is 0 Å². The van der Waals surface area contributed by atoms with E-state index in [-0.39, 0.29) is 0 Å². The Morgan fingerprint density at radius 1 is 1.56 bits per heavy atom. The Morgan fingerprint density at radius 3 is 3.06 bits per heavy atom. The van der Waals surface area contributed by atoms with E-state index < -0.39 is 0 Å². The first-order valence-corrected chi connectivity index (χ1v) is 6.65. The van der Waals surface area contributed by atoms with Crippen molar-refractivity contribution in [2.75, 3.05) is 32.4 Å². The second kappa shape index (κ2) is 5.12. The highest BCUT2D eigenvalue weighted by Crippen LogP contribution is 2.16. The summed E-state index contributed by atoms with van der Waals surface area (Å²) >= 11 is 1.53. The maximum Gasteiger partial charge on any atom is 0.180 e. The molecule has 0 radical (unpaired) electrons. The Kier molecular flexibility index (Phi) is 3.78. The van der Waals surface area contributed by atoms with E-state index in [2.05, 4.69) is 34.1 Å². The number of rotatable bonds is 2. The molecule has 4 nitrogen and oxygen atoms in total. The van der Waals surface area contributed by atoms with Crippen LogP contribution in [0, 0.1) is 0 Å². The van der Waals surface area contributed by atoms with Gasteiger partial charge in [0.15, 0.2) is 5.13 Å². The van der Waals surface area contributed by atoms with E-state index in [9.17, 15) is 0 Å². The minimum Gasteiger partial charge on any atom is -0.375 e. The highest BCUT2D eigenvalue weighted by molar-refractivity contribution is 7.13. The first-order chi connectivity index (χ1) is 7.65. The molecule has 0 saturated carbocycles. The Balaban J connectivity index is 1.97. The summed E-state index contributed by atoms with van der Waals surface area (Å²) in [4.78, 5) is 9.23. The smallest absolute Gasteiger partial charge is 0.180 e. The average molecular weight is 240 g/mol. The van der Waals surface area contributed by atoms with Crippen molar-refractivity contribution in [1.29, 1.82) is 0 Å². The number of anilines is 1. The van der Waals surface area contributed by atoms with Crippen LogP contribution in [0.15, 0.2) is 5.38 Å². The van der Waals surface area contributed by atoms with E-state index in [1.54, 1.807) is 0 Å². The van der Waals surface area contributed by atoms with Gasteiger partial charge in [-0.05, 0) is 26.9 Å². The first kappa shape index (κ1) is 11.8. The van der Waals surface area contributed by atoms with Crippen LogP contribution in [0.3, 0.4) is 0 Å². The number of nitrogen functional groups attached to an aromatic ring is 1. The molecule has 1 aliphatic rings. The van der Waals surface area contributed by atoms with Crippen LogP contribution in [-0.4, -0.2) is 47.5 Å². The molecule has 1 fully saturated rings. The van der Waals surface area contributed by atoms with Gasteiger partial charge in [-0.1, -0.05) is 0 Å². The lowest BCUT2D eigenvalue weighted by Gasteiger charge is -2.26. The Bertz CT molecular complexity index is 338. The second-order valence-corrected chi connectivity index (χ2v) is 5.50. The van der Waals surface area contributed by atoms with Gasteiger partial charge in [-0.2, -0.15) is 0 Å². The number of thiazole rings is 1. The molecule has 0 bridgehead atoms. The van der Waals surface area contributed by atoms with Crippen molar-refractivity contribution in [3.63, 3.8) is 0 Å². The predicted molar refractivity (Wildman–Crippen MR) is 68.5 cm³/mol. The maximum absolute atomic E-state index is 5.65. The van der Waals surface area contributed by atoms with E-state index in [0.29, 0.717) is 11.2 Å². The summed E-state index contributed by atoms with van der Waals surface area (Å²) in [6.07, 6.45) is 1.24. The van der Waals surface area contributed by atoms with E-state index in [0.717, 1.165) is 25.3 Å². The summed E-state index contributed by atoms with van der Waals surface area (Å²) in [5.41, 5.74) is 6.76. The van der Waals surface area contributed by atoms with Crippen LogP contribution in [0.25, 0.3) is 0 Å². The summed E-state index contributed by atoms with van der Waals surface area (Å²) in [7, 11) is 2.20. The number of hydrogen-bond acceptors (Lipinski definition) is 5. The van der Waals surface area contributed by atoms with Gasteiger partial charge in [-0.25, -0.2) is 4.98 Å². The SMILES string of the molecule is CC1CN(C)CCCN1Cc1csc(N)n1. The summed E-state index contributed by atoms with van der Waals surface area (Å²) in [5.74, 6) is 0. The fraction of sp³-hybridized carbons (Fsp3) is 0.727. The van der Waals surface area contributed by atoms with Gasteiger partial charge in [0.25, 0.3) is 0 Å². The average Bonchev–Trinajstić information content (AvgIpc) is 2.55. The van der Waals surface area contributed by atoms with Crippen molar-refractivity contribution in [3.8, 4) is 0 Å². The van der Waals surface area contributed by atoms with Gasteiger partial charge in [-0.15, -0.1) is 11.3 Å². The fourth-order valence-corrected chi connectivity index (χ4v) is 2.81. The minimum absolute atomic E-state index is 0.593. The summed E-state index contributed by atoms with van der Waals surface area (Å²) in [6.45, 7) is 6.71. The third-order valence-corrected chi connectivity index (χ3v) is 3.84. The van der Waals surface area contributed by atoms with E-state index in [1.165, 1.54) is 24.3 Å². The molecular weight excluding hydrogens is 220 g/mol. The fourth-order valence-electron chi connectivity index (χ4n) is 2.26. The molecule has 2 rings (SSSR count). The Hall–Kier alpha value is -0.650. The van der Waals surface area contributed by atoms with Crippen molar-refractivity contribution < 1.29 is 0 Å². The molecule has 0 amide bonds. The predicted octanol–water partition coefficient (Wildman–Crippen LogP) is 1.25. The molecule has 90 valence electrons. The molecule has 16 heavy (non-hydrogen) atoms. The molecule has 1 atom stereocenters. The van der Waals surface area contributed by atoms with Crippen LogP contribution in [-0.2, 0) is 6.54 Å². The third kappa shape index (κ3) is 2.93. The van der Waals surface area contributed by atoms with Crippen molar-refractivity contribution in [3.05, 3.63) is 11.1 Å². The number of likely N-dealkylation sites (N-methyl/N-ethyl adjacent to an activating group) is 1. The van der Waals surface area contributed by atoms with Crippen LogP contribution in [0.1, 0.15) is 19.0 Å². The highest BCUT2D eigenvalue weighted by Gasteiger charge is 2.20. The van der Waals surface area contributed by atoms with Crippen molar-refractivity contribution >= 4 is 16.5 Å². The molecule has 1 unspecified atom stereocenters. The van der Waals surface area contributed by atoms with Crippen LogP contribution < -0.4 is 5.73 Å². The van der Waals surface area contributed by atoms with Gasteiger partial charge in [0, 0.05) is 31.1 Å². The molecule has 1 aromatic heterocycles. The molecular formula is C11H20N4S. The molecule has 1 aliphatic heterocycles. The molecule has 2 N–H and O–H groups in total. The standard InChI is InChI=1S/C11H20N4S/c1-9-6-14(2)4-3-5-15(9)7-10-8-16-11(12)13-10/h8-9H,3-7H2,1-2H3,(H2,12,13). The Morgan fingerprint density at radius 2 is 2.38 bits per heavy atom. The summed E-state index contributed by atoms with van der Waals surface area (Å²) in [6, 6.07) is 0.593. The number of aromatic nitrogens is 1. The monoisotopic (exact) mass is 240 g/mol. The van der Waals surface area contributed by atoms with Crippen molar-refractivity contribution in [1.82, 2.24) is 14.8 Å². The lowest BCUT2D eigenvalue weighted by atomic mass is 10.2. The minimum atomic E-state index is 0.593. The van der Waals surface area contributed by atoms with Crippen LogP contribution in [0.2, 0.25) is 0 Å². The normalized spacial score (nSPS) is 24.5. The number of hydrogen-bond donors (Lipinski definition) is 1. The third-order valence-electron chi connectivity index (χ3n) is 3.12. The van der Waals surface area contributed by atoms with Gasteiger partial charge >= 0.3 is 0 Å². The molecule has 0 spiro atoms. The van der Waals surface area contributed by atoms with Gasteiger partial charge in [0.2, 0.25) is 0 Å². The number of nitrogens with two attached hydrogens (primary N) is 1. The Labute approximate surface area is 101 Å². The lowest BCUT2D eigenvalue weighted by Crippen LogP contribution is -2.37. The van der Waals surface area contributed by atoms with E-state index >= 15 is 0 Å². The van der Waals surface area contributed by atoms with Gasteiger partial charge in [0.05, 0.1) is 5.69 Å². The molecule has 5 heteroatoms. The lowest BCUT2D eigenvalue weighted by molar-refractivity contribution is 0.193. The van der Waals surface area contributed by atoms with E-state index in [4.69, 9.17) is 5.73 Å². The van der Waals surface area contributed by atoms with Gasteiger partial charge in [0.1, 0.15) is 0 Å². The molecule has 0 aromatic carbocycles. The highest BCUT2D eigenvalue weighted by atomic mass is 32.1. The van der Waals surface area contributed by atoms with Gasteiger partial charge < -0.3 is 10.6 Å². The quantitative estimate of drug-likeness (QED) is 0.845. The molecule has 2 heterocycles. The molecule has 1 saturated heterocycles. The van der Waals surface area contributed by atoms with Crippen LogP contribution in [0.4, 0.5) is 5.13 Å². The first-order valence-electron chi connectivity index (χ1n) is 5.77. The second-order valence-electron chi connectivity index (χ2n) is 4.61. The maximum atomic E-state index is 5.65. The van der Waals surface area contributed by atoms with Crippen molar-refractivity contribution in [2.45, 2.75) is 25.9 Å². The largest absolute Gasteiger partial charge is 0.375 e. The summed E-state index contributed by atoms with van der Waals surface area (Å²) in [5, 5.41) is 2.74. The number of nitrogens with zero attached hydrogens (tertiary/aromatic N) is 3. The topological polar surface area (TPSA) is 45.4 Å². The zero-order valence-electron chi connectivity index (χ0n) is 10.0. The van der Waals surface area contributed by atoms with Crippen molar-refractivity contribution in [2.24, 2.45) is 0 Å². The zero-order chi connectivity index (χ0) is 11.5. The van der Waals surface area contributed by atoms with Crippen LogP contribution >= 0.6 is 11.3 Å². The summed E-state index contributed by atoms with van der Waals surface area (Å²) < 4.78 is 0. The molecule has 1 aromatic rings. The van der Waals surface area contributed by atoms with Gasteiger partial charge in [-0.3, -0.25) is 4.90 Å². The van der Waals surface area contributed by atoms with E-state index in [1.807, 2.05) is 0 Å².